The number of para-hydroxylation sites is 1. The number of rotatable bonds is 6. The van der Waals surface area contributed by atoms with Crippen LogP contribution >= 0.6 is 0 Å². The molecule has 0 aliphatic carbocycles. The number of aromatic amines is 1. The highest BCUT2D eigenvalue weighted by Crippen LogP contribution is 2.20. The number of carbonyl (C=O) groups is 1. The Morgan fingerprint density at radius 2 is 1.71 bits per heavy atom. The molecule has 2 aliphatic heterocycles. The second-order valence-corrected chi connectivity index (χ2v) is 7.96. The molecule has 31 heavy (non-hydrogen) atoms. The third-order valence-corrected chi connectivity index (χ3v) is 5.81. The number of hydrogen-bond acceptors (Lipinski definition) is 7. The lowest BCUT2D eigenvalue weighted by Crippen LogP contribution is -2.38. The number of morpholine rings is 1. The van der Waals surface area contributed by atoms with Crippen molar-refractivity contribution in [2.24, 2.45) is 0 Å². The summed E-state index contributed by atoms with van der Waals surface area (Å²) in [4.78, 5) is 34.2. The van der Waals surface area contributed by atoms with E-state index in [9.17, 15) is 4.79 Å². The second-order valence-electron chi connectivity index (χ2n) is 7.96. The van der Waals surface area contributed by atoms with Crippen LogP contribution < -0.4 is 15.1 Å². The van der Waals surface area contributed by atoms with E-state index in [4.69, 9.17) is 9.72 Å². The molecule has 1 aromatic carbocycles. The maximum Gasteiger partial charge on any atom is 0.230 e. The highest BCUT2D eigenvalue weighted by atomic mass is 16.5. The Hall–Kier alpha value is -3.20. The maximum atomic E-state index is 12.6. The van der Waals surface area contributed by atoms with Crippen LogP contribution in [0.3, 0.4) is 0 Å². The molecule has 5 rings (SSSR count). The summed E-state index contributed by atoms with van der Waals surface area (Å²) in [6.07, 6.45) is 4.50. The van der Waals surface area contributed by atoms with Gasteiger partial charge in [0.2, 0.25) is 17.8 Å². The number of anilines is 2. The number of H-pyrrole nitrogens is 1. The summed E-state index contributed by atoms with van der Waals surface area (Å²) >= 11 is 0. The minimum absolute atomic E-state index is 0.0548. The lowest BCUT2D eigenvalue weighted by Gasteiger charge is -2.28. The van der Waals surface area contributed by atoms with E-state index in [1.54, 1.807) is 0 Å². The SMILES string of the molecule is O=C(Cc1c[nH]c2ccccc12)NCc1nc(N2CCCC2)nc(N2CCOCC2)n1. The summed E-state index contributed by atoms with van der Waals surface area (Å²) in [6, 6.07) is 7.99. The van der Waals surface area contributed by atoms with Gasteiger partial charge in [-0.2, -0.15) is 15.0 Å². The average molecular weight is 422 g/mol. The van der Waals surface area contributed by atoms with Gasteiger partial charge in [-0.1, -0.05) is 18.2 Å². The number of nitrogens with one attached hydrogen (secondary N) is 2. The number of ether oxygens (including phenoxy) is 1. The summed E-state index contributed by atoms with van der Waals surface area (Å²) in [6.45, 7) is 5.05. The Kier molecular flexibility index (Phi) is 5.66. The van der Waals surface area contributed by atoms with Gasteiger partial charge in [0.25, 0.3) is 0 Å². The zero-order valence-corrected chi connectivity index (χ0v) is 17.5. The molecule has 4 heterocycles. The molecule has 9 heteroatoms. The van der Waals surface area contributed by atoms with Crippen molar-refractivity contribution >= 4 is 28.7 Å². The van der Waals surface area contributed by atoms with Crippen LogP contribution in [0.4, 0.5) is 11.9 Å². The van der Waals surface area contributed by atoms with Gasteiger partial charge in [-0.3, -0.25) is 4.79 Å². The number of nitrogens with zero attached hydrogens (tertiary/aromatic N) is 5. The van der Waals surface area contributed by atoms with Gasteiger partial charge in [0.15, 0.2) is 5.82 Å². The number of aromatic nitrogens is 4. The second kappa shape index (κ2) is 8.89. The van der Waals surface area contributed by atoms with Crippen molar-refractivity contribution < 1.29 is 9.53 Å². The minimum Gasteiger partial charge on any atom is -0.378 e. The van der Waals surface area contributed by atoms with Crippen molar-refractivity contribution in [3.05, 3.63) is 41.9 Å². The van der Waals surface area contributed by atoms with Crippen LogP contribution in [-0.4, -0.2) is 65.2 Å². The van der Waals surface area contributed by atoms with Crippen LogP contribution in [0.5, 0.6) is 0 Å². The first-order chi connectivity index (χ1) is 15.3. The van der Waals surface area contributed by atoms with E-state index >= 15 is 0 Å². The van der Waals surface area contributed by atoms with Gasteiger partial charge in [-0.05, 0) is 24.5 Å². The van der Waals surface area contributed by atoms with Crippen molar-refractivity contribution in [2.45, 2.75) is 25.8 Å². The van der Waals surface area contributed by atoms with Crippen molar-refractivity contribution in [3.8, 4) is 0 Å². The number of fused-ring (bicyclic) bond motifs is 1. The molecule has 0 atom stereocenters. The molecule has 0 unspecified atom stereocenters. The summed E-state index contributed by atoms with van der Waals surface area (Å²) < 4.78 is 5.46. The number of amides is 1. The molecule has 0 bridgehead atoms. The molecule has 9 nitrogen and oxygen atoms in total. The largest absolute Gasteiger partial charge is 0.378 e. The summed E-state index contributed by atoms with van der Waals surface area (Å²) in [5, 5.41) is 4.06. The molecule has 3 aromatic rings. The Balaban J connectivity index is 1.30. The van der Waals surface area contributed by atoms with Gasteiger partial charge in [-0.25, -0.2) is 0 Å². The highest BCUT2D eigenvalue weighted by Gasteiger charge is 2.21. The van der Waals surface area contributed by atoms with E-state index in [0.29, 0.717) is 37.4 Å². The van der Waals surface area contributed by atoms with Crippen molar-refractivity contribution in [3.63, 3.8) is 0 Å². The Labute approximate surface area is 180 Å². The minimum atomic E-state index is -0.0548. The first-order valence-electron chi connectivity index (χ1n) is 10.9. The van der Waals surface area contributed by atoms with Crippen LogP contribution in [0.1, 0.15) is 24.2 Å². The molecule has 0 saturated carbocycles. The first kappa shape index (κ1) is 19.7. The van der Waals surface area contributed by atoms with Crippen molar-refractivity contribution in [2.75, 3.05) is 49.2 Å². The molecule has 2 fully saturated rings. The fourth-order valence-electron chi connectivity index (χ4n) is 4.13. The number of carbonyl (C=O) groups excluding carboxylic acids is 1. The molecular weight excluding hydrogens is 394 g/mol. The fourth-order valence-corrected chi connectivity index (χ4v) is 4.13. The van der Waals surface area contributed by atoms with Gasteiger partial charge in [-0.15, -0.1) is 0 Å². The Morgan fingerprint density at radius 1 is 1.00 bits per heavy atom. The Bertz CT molecular complexity index is 1050. The average Bonchev–Trinajstić information content (AvgIpc) is 3.49. The topological polar surface area (TPSA) is 99.3 Å². The smallest absolute Gasteiger partial charge is 0.230 e. The maximum absolute atomic E-state index is 12.6. The Morgan fingerprint density at radius 3 is 2.48 bits per heavy atom. The zero-order chi connectivity index (χ0) is 21.0. The molecule has 0 spiro atoms. The van der Waals surface area contributed by atoms with E-state index in [-0.39, 0.29) is 12.5 Å². The third-order valence-electron chi connectivity index (χ3n) is 5.81. The number of benzene rings is 1. The van der Waals surface area contributed by atoms with Gasteiger partial charge in [0.1, 0.15) is 0 Å². The molecule has 162 valence electrons. The molecule has 0 radical (unpaired) electrons. The lowest BCUT2D eigenvalue weighted by molar-refractivity contribution is -0.120. The number of hydrogen-bond donors (Lipinski definition) is 2. The predicted molar refractivity (Wildman–Crippen MR) is 118 cm³/mol. The lowest BCUT2D eigenvalue weighted by atomic mass is 10.1. The zero-order valence-electron chi connectivity index (χ0n) is 17.5. The highest BCUT2D eigenvalue weighted by molar-refractivity contribution is 5.88. The quantitative estimate of drug-likeness (QED) is 0.624. The van der Waals surface area contributed by atoms with Gasteiger partial charge in [0, 0.05) is 43.3 Å². The van der Waals surface area contributed by atoms with E-state index in [1.165, 1.54) is 0 Å². The van der Waals surface area contributed by atoms with Crippen molar-refractivity contribution in [1.82, 2.24) is 25.3 Å². The predicted octanol–water partition coefficient (Wildman–Crippen LogP) is 1.65. The standard InChI is InChI=1S/C22H27N7O2/c30-20(13-16-14-23-18-6-2-1-5-17(16)18)24-15-19-25-21(28-7-3-4-8-28)27-22(26-19)29-9-11-31-12-10-29/h1-2,5-6,14,23H,3-4,7-13,15H2,(H,24,30). The van der Waals surface area contributed by atoms with E-state index < -0.39 is 0 Å². The molecule has 2 aliphatic rings. The summed E-state index contributed by atoms with van der Waals surface area (Å²) in [5.41, 5.74) is 2.02. The first-order valence-corrected chi connectivity index (χ1v) is 10.9. The van der Waals surface area contributed by atoms with Gasteiger partial charge in [0.05, 0.1) is 26.2 Å². The molecule has 1 amide bonds. The van der Waals surface area contributed by atoms with Crippen LogP contribution in [0, 0.1) is 0 Å². The van der Waals surface area contributed by atoms with Crippen LogP contribution in [-0.2, 0) is 22.5 Å². The van der Waals surface area contributed by atoms with Crippen LogP contribution in [0.2, 0.25) is 0 Å². The van der Waals surface area contributed by atoms with E-state index in [2.05, 4.69) is 30.1 Å². The van der Waals surface area contributed by atoms with Crippen LogP contribution in [0.25, 0.3) is 10.9 Å². The van der Waals surface area contributed by atoms with Gasteiger partial charge >= 0.3 is 0 Å². The van der Waals surface area contributed by atoms with E-state index in [0.717, 1.165) is 55.5 Å². The molecule has 2 aromatic heterocycles. The third kappa shape index (κ3) is 4.46. The van der Waals surface area contributed by atoms with Crippen LogP contribution in [0.15, 0.2) is 30.5 Å². The summed E-state index contributed by atoms with van der Waals surface area (Å²) in [7, 11) is 0. The van der Waals surface area contributed by atoms with Crippen molar-refractivity contribution in [1.29, 1.82) is 0 Å². The fraction of sp³-hybridized carbons (Fsp3) is 0.455. The molecule has 2 N–H and O–H groups in total. The van der Waals surface area contributed by atoms with Gasteiger partial charge < -0.3 is 24.8 Å². The summed E-state index contributed by atoms with van der Waals surface area (Å²) in [5.74, 6) is 1.91. The molecular formula is C22H27N7O2. The monoisotopic (exact) mass is 421 g/mol. The van der Waals surface area contributed by atoms with E-state index in [1.807, 2.05) is 30.5 Å². The molecule has 2 saturated heterocycles. The normalized spacial score (nSPS) is 16.8.